The van der Waals surface area contributed by atoms with Gasteiger partial charge in [-0.2, -0.15) is 4.98 Å². The zero-order chi connectivity index (χ0) is 12.6. The van der Waals surface area contributed by atoms with Gasteiger partial charge in [-0.3, -0.25) is 0 Å². The SMILES string of the molecule is Cc1nc(N)nc(N)c1-c1cc(Cl)ccc1Cl. The number of hydrogen-bond acceptors (Lipinski definition) is 4. The molecule has 17 heavy (non-hydrogen) atoms. The van der Waals surface area contributed by atoms with E-state index in [0.29, 0.717) is 32.7 Å². The molecule has 1 aromatic heterocycles. The highest BCUT2D eigenvalue weighted by molar-refractivity contribution is 6.35. The van der Waals surface area contributed by atoms with Crippen molar-refractivity contribution >= 4 is 35.0 Å². The van der Waals surface area contributed by atoms with Crippen molar-refractivity contribution in [1.29, 1.82) is 0 Å². The maximum Gasteiger partial charge on any atom is 0.222 e. The molecule has 1 aromatic carbocycles. The average Bonchev–Trinajstić information content (AvgIpc) is 2.21. The third-order valence-corrected chi connectivity index (χ3v) is 2.90. The smallest absolute Gasteiger partial charge is 0.222 e. The first-order valence-corrected chi connectivity index (χ1v) is 5.59. The van der Waals surface area contributed by atoms with E-state index < -0.39 is 0 Å². The van der Waals surface area contributed by atoms with Crippen molar-refractivity contribution in [3.8, 4) is 11.1 Å². The Bertz CT molecular complexity index is 561. The summed E-state index contributed by atoms with van der Waals surface area (Å²) in [7, 11) is 0. The quantitative estimate of drug-likeness (QED) is 0.834. The first-order chi connectivity index (χ1) is 7.99. The van der Waals surface area contributed by atoms with Gasteiger partial charge >= 0.3 is 0 Å². The molecule has 6 heteroatoms. The van der Waals surface area contributed by atoms with Crippen LogP contribution < -0.4 is 11.5 Å². The van der Waals surface area contributed by atoms with Gasteiger partial charge in [-0.05, 0) is 25.1 Å². The molecule has 4 N–H and O–H groups in total. The summed E-state index contributed by atoms with van der Waals surface area (Å²) in [6, 6.07) is 5.13. The molecule has 1 heterocycles. The molecule has 0 saturated carbocycles. The van der Waals surface area contributed by atoms with Gasteiger partial charge in [-0.1, -0.05) is 23.2 Å². The number of benzene rings is 1. The standard InChI is InChI=1S/C11H10Cl2N4/c1-5-9(10(14)17-11(15)16-5)7-4-6(12)2-3-8(7)13/h2-4H,1H3,(H4,14,15,16,17). The second-order valence-corrected chi connectivity index (χ2v) is 4.40. The summed E-state index contributed by atoms with van der Waals surface area (Å²) < 4.78 is 0. The maximum absolute atomic E-state index is 6.11. The van der Waals surface area contributed by atoms with Crippen LogP contribution in [0.1, 0.15) is 5.69 Å². The van der Waals surface area contributed by atoms with Crippen molar-refractivity contribution in [2.45, 2.75) is 6.92 Å². The van der Waals surface area contributed by atoms with E-state index in [9.17, 15) is 0 Å². The van der Waals surface area contributed by atoms with Gasteiger partial charge in [0.15, 0.2) is 0 Å². The molecule has 2 rings (SSSR count). The Morgan fingerprint density at radius 1 is 1.12 bits per heavy atom. The number of hydrogen-bond donors (Lipinski definition) is 2. The molecule has 4 nitrogen and oxygen atoms in total. The lowest BCUT2D eigenvalue weighted by Gasteiger charge is -2.10. The first-order valence-electron chi connectivity index (χ1n) is 4.84. The van der Waals surface area contributed by atoms with Crippen LogP contribution in [0.3, 0.4) is 0 Å². The van der Waals surface area contributed by atoms with Crippen LogP contribution in [0.2, 0.25) is 10.0 Å². The molecule has 0 saturated heterocycles. The van der Waals surface area contributed by atoms with Crippen molar-refractivity contribution in [1.82, 2.24) is 9.97 Å². The summed E-state index contributed by atoms with van der Waals surface area (Å²) >= 11 is 12.1. The lowest BCUT2D eigenvalue weighted by Crippen LogP contribution is -2.04. The van der Waals surface area contributed by atoms with Crippen LogP contribution in [-0.4, -0.2) is 9.97 Å². The zero-order valence-electron chi connectivity index (χ0n) is 9.04. The Kier molecular flexibility index (Phi) is 3.09. The van der Waals surface area contributed by atoms with Gasteiger partial charge < -0.3 is 11.5 Å². The maximum atomic E-state index is 6.11. The van der Waals surface area contributed by atoms with Gasteiger partial charge in [0.1, 0.15) is 5.82 Å². The Morgan fingerprint density at radius 2 is 1.82 bits per heavy atom. The molecule has 0 aliphatic rings. The van der Waals surface area contributed by atoms with Gasteiger partial charge in [-0.15, -0.1) is 0 Å². The molecule has 88 valence electrons. The molecule has 0 spiro atoms. The second kappa shape index (κ2) is 4.39. The molecule has 0 atom stereocenters. The number of halogens is 2. The fourth-order valence-corrected chi connectivity index (χ4v) is 2.02. The van der Waals surface area contributed by atoms with E-state index in [1.165, 1.54) is 0 Å². The Labute approximate surface area is 109 Å². The molecular formula is C11H10Cl2N4. The number of nitrogens with zero attached hydrogens (tertiary/aromatic N) is 2. The molecule has 0 aliphatic carbocycles. The Morgan fingerprint density at radius 3 is 2.47 bits per heavy atom. The Balaban J connectivity index is 2.72. The van der Waals surface area contributed by atoms with Crippen LogP contribution >= 0.6 is 23.2 Å². The van der Waals surface area contributed by atoms with E-state index >= 15 is 0 Å². The van der Waals surface area contributed by atoms with E-state index in [0.717, 1.165) is 0 Å². The predicted octanol–water partition coefficient (Wildman–Crippen LogP) is 2.92. The second-order valence-electron chi connectivity index (χ2n) is 3.55. The summed E-state index contributed by atoms with van der Waals surface area (Å²) in [6.07, 6.45) is 0. The van der Waals surface area contributed by atoms with Crippen LogP contribution in [0.4, 0.5) is 11.8 Å². The number of nitrogen functional groups attached to an aromatic ring is 2. The van der Waals surface area contributed by atoms with Crippen LogP contribution in [0.5, 0.6) is 0 Å². The number of aryl methyl sites for hydroxylation is 1. The summed E-state index contributed by atoms with van der Waals surface area (Å²) in [5.74, 6) is 0.432. The van der Waals surface area contributed by atoms with Gasteiger partial charge in [0.25, 0.3) is 0 Å². The lowest BCUT2D eigenvalue weighted by atomic mass is 10.1. The van der Waals surface area contributed by atoms with Crippen molar-refractivity contribution < 1.29 is 0 Å². The summed E-state index contributed by atoms with van der Waals surface area (Å²) in [5.41, 5.74) is 13.4. The van der Waals surface area contributed by atoms with E-state index in [1.54, 1.807) is 25.1 Å². The van der Waals surface area contributed by atoms with Crippen LogP contribution in [0, 0.1) is 6.92 Å². The molecule has 0 aliphatic heterocycles. The zero-order valence-corrected chi connectivity index (χ0v) is 10.5. The molecule has 0 radical (unpaired) electrons. The van der Waals surface area contributed by atoms with Crippen molar-refractivity contribution in [2.75, 3.05) is 11.5 Å². The molecule has 0 fully saturated rings. The van der Waals surface area contributed by atoms with Gasteiger partial charge in [-0.25, -0.2) is 4.98 Å². The number of nitrogens with two attached hydrogens (primary N) is 2. The minimum absolute atomic E-state index is 0.141. The minimum atomic E-state index is 0.141. The normalized spacial score (nSPS) is 10.5. The van der Waals surface area contributed by atoms with Gasteiger partial charge in [0.05, 0.1) is 5.69 Å². The largest absolute Gasteiger partial charge is 0.383 e. The van der Waals surface area contributed by atoms with Crippen molar-refractivity contribution in [2.24, 2.45) is 0 Å². The van der Waals surface area contributed by atoms with Crippen LogP contribution in [0.15, 0.2) is 18.2 Å². The third kappa shape index (κ3) is 2.28. The summed E-state index contributed by atoms with van der Waals surface area (Å²) in [5, 5.41) is 1.11. The highest BCUT2D eigenvalue weighted by Crippen LogP contribution is 2.35. The van der Waals surface area contributed by atoms with Crippen LogP contribution in [-0.2, 0) is 0 Å². The monoisotopic (exact) mass is 268 g/mol. The first kappa shape index (κ1) is 12.0. The Hall–Kier alpha value is -1.52. The van der Waals surface area contributed by atoms with E-state index in [2.05, 4.69) is 9.97 Å². The topological polar surface area (TPSA) is 77.8 Å². The summed E-state index contributed by atoms with van der Waals surface area (Å²) in [6.45, 7) is 1.79. The molecular weight excluding hydrogens is 259 g/mol. The van der Waals surface area contributed by atoms with Gasteiger partial charge in [0.2, 0.25) is 5.95 Å². The summed E-state index contributed by atoms with van der Waals surface area (Å²) in [4.78, 5) is 7.99. The molecule has 0 amide bonds. The minimum Gasteiger partial charge on any atom is -0.383 e. The number of aromatic nitrogens is 2. The third-order valence-electron chi connectivity index (χ3n) is 2.33. The molecule has 0 unspecified atom stereocenters. The average molecular weight is 269 g/mol. The van der Waals surface area contributed by atoms with E-state index in [4.69, 9.17) is 34.7 Å². The number of anilines is 2. The van der Waals surface area contributed by atoms with Crippen molar-refractivity contribution in [3.63, 3.8) is 0 Å². The number of rotatable bonds is 1. The fraction of sp³-hybridized carbons (Fsp3) is 0.0909. The van der Waals surface area contributed by atoms with Crippen molar-refractivity contribution in [3.05, 3.63) is 33.9 Å². The fourth-order valence-electron chi connectivity index (χ4n) is 1.64. The highest BCUT2D eigenvalue weighted by Gasteiger charge is 2.13. The lowest BCUT2D eigenvalue weighted by molar-refractivity contribution is 1.13. The highest BCUT2D eigenvalue weighted by atomic mass is 35.5. The molecule has 0 bridgehead atoms. The molecule has 2 aromatic rings. The predicted molar refractivity (Wildman–Crippen MR) is 71.0 cm³/mol. The van der Waals surface area contributed by atoms with E-state index in [1.807, 2.05) is 0 Å². The van der Waals surface area contributed by atoms with Crippen LogP contribution in [0.25, 0.3) is 11.1 Å². The van der Waals surface area contributed by atoms with E-state index in [-0.39, 0.29) is 5.95 Å². The van der Waals surface area contributed by atoms with Gasteiger partial charge in [0, 0.05) is 21.2 Å².